The van der Waals surface area contributed by atoms with Gasteiger partial charge >= 0.3 is 0 Å². The topological polar surface area (TPSA) is 21.3 Å². The molecule has 0 aliphatic carbocycles. The first-order valence-electron chi connectivity index (χ1n) is 4.44. The lowest BCUT2D eigenvalue weighted by Gasteiger charge is -2.22. The third-order valence-electron chi connectivity index (χ3n) is 1.94. The fourth-order valence-corrected chi connectivity index (χ4v) is 1.19. The van der Waals surface area contributed by atoms with Crippen LogP contribution in [0.2, 0.25) is 0 Å². The first-order chi connectivity index (χ1) is 5.62. The van der Waals surface area contributed by atoms with Gasteiger partial charge in [-0.3, -0.25) is 0 Å². The standard InChI is InChI=1S/C9H20INO/c1-9(2,12-3)5-8-11-7-4-6-10/h11H,4-8H2,1-3H3. The highest BCUT2D eigenvalue weighted by Gasteiger charge is 2.14. The molecule has 0 aromatic rings. The monoisotopic (exact) mass is 285 g/mol. The van der Waals surface area contributed by atoms with E-state index in [2.05, 4.69) is 41.8 Å². The third-order valence-corrected chi connectivity index (χ3v) is 2.71. The average Bonchev–Trinajstić information content (AvgIpc) is 2.04. The number of hydrogen-bond acceptors (Lipinski definition) is 2. The summed E-state index contributed by atoms with van der Waals surface area (Å²) >= 11 is 2.40. The summed E-state index contributed by atoms with van der Waals surface area (Å²) in [6, 6.07) is 0. The van der Waals surface area contributed by atoms with Gasteiger partial charge in [-0.05, 0) is 39.8 Å². The molecule has 0 bridgehead atoms. The quantitative estimate of drug-likeness (QED) is 0.440. The van der Waals surface area contributed by atoms with Crippen LogP contribution < -0.4 is 5.32 Å². The lowest BCUT2D eigenvalue weighted by molar-refractivity contribution is 0.0159. The highest BCUT2D eigenvalue weighted by atomic mass is 127. The van der Waals surface area contributed by atoms with E-state index in [0.717, 1.165) is 19.5 Å². The van der Waals surface area contributed by atoms with Crippen molar-refractivity contribution in [2.24, 2.45) is 0 Å². The van der Waals surface area contributed by atoms with Crippen LogP contribution in [-0.4, -0.2) is 30.2 Å². The number of rotatable bonds is 7. The summed E-state index contributed by atoms with van der Waals surface area (Å²) in [5, 5.41) is 3.39. The molecule has 12 heavy (non-hydrogen) atoms. The molecule has 1 N–H and O–H groups in total. The Balaban J connectivity index is 3.19. The van der Waals surface area contributed by atoms with E-state index in [0.29, 0.717) is 0 Å². The Morgan fingerprint density at radius 3 is 2.50 bits per heavy atom. The van der Waals surface area contributed by atoms with Crippen LogP contribution in [-0.2, 0) is 4.74 Å². The van der Waals surface area contributed by atoms with Crippen molar-refractivity contribution < 1.29 is 4.74 Å². The van der Waals surface area contributed by atoms with E-state index in [1.54, 1.807) is 7.11 Å². The zero-order valence-corrected chi connectivity index (χ0v) is 10.5. The van der Waals surface area contributed by atoms with Gasteiger partial charge in [-0.1, -0.05) is 22.6 Å². The Labute approximate surface area is 89.6 Å². The maximum absolute atomic E-state index is 5.30. The van der Waals surface area contributed by atoms with Crippen molar-refractivity contribution in [2.45, 2.75) is 32.3 Å². The van der Waals surface area contributed by atoms with Crippen molar-refractivity contribution in [1.82, 2.24) is 5.32 Å². The molecular weight excluding hydrogens is 265 g/mol. The molecule has 0 aromatic carbocycles. The van der Waals surface area contributed by atoms with Gasteiger partial charge in [0.1, 0.15) is 0 Å². The maximum Gasteiger partial charge on any atom is 0.0634 e. The normalized spacial score (nSPS) is 12.0. The molecule has 0 saturated carbocycles. The second kappa shape index (κ2) is 7.09. The SMILES string of the molecule is COC(C)(C)CCNCCCI. The Bertz CT molecular complexity index is 107. The van der Waals surface area contributed by atoms with Crippen molar-refractivity contribution in [1.29, 1.82) is 0 Å². The summed E-state index contributed by atoms with van der Waals surface area (Å²) in [6.07, 6.45) is 2.33. The molecule has 0 aromatic heterocycles. The zero-order valence-electron chi connectivity index (χ0n) is 8.32. The number of alkyl halides is 1. The van der Waals surface area contributed by atoms with Gasteiger partial charge in [0, 0.05) is 11.5 Å². The van der Waals surface area contributed by atoms with E-state index in [1.807, 2.05) is 0 Å². The van der Waals surface area contributed by atoms with Crippen LogP contribution in [0.3, 0.4) is 0 Å². The van der Waals surface area contributed by atoms with Crippen LogP contribution in [0.15, 0.2) is 0 Å². The fraction of sp³-hybridized carbons (Fsp3) is 1.00. The highest BCUT2D eigenvalue weighted by molar-refractivity contribution is 14.1. The molecule has 3 heteroatoms. The summed E-state index contributed by atoms with van der Waals surface area (Å²) < 4.78 is 6.54. The van der Waals surface area contributed by atoms with Crippen LogP contribution >= 0.6 is 22.6 Å². The van der Waals surface area contributed by atoms with E-state index >= 15 is 0 Å². The average molecular weight is 285 g/mol. The number of nitrogens with one attached hydrogen (secondary N) is 1. The molecule has 0 unspecified atom stereocenters. The molecule has 0 atom stereocenters. The number of hydrogen-bond donors (Lipinski definition) is 1. The minimum atomic E-state index is 0.0251. The third kappa shape index (κ3) is 7.31. The van der Waals surface area contributed by atoms with Crippen LogP contribution in [0.1, 0.15) is 26.7 Å². The summed E-state index contributed by atoms with van der Waals surface area (Å²) in [5.74, 6) is 0. The number of halogens is 1. The van der Waals surface area contributed by atoms with E-state index < -0.39 is 0 Å². The van der Waals surface area contributed by atoms with Gasteiger partial charge in [0.25, 0.3) is 0 Å². The molecule has 0 fully saturated rings. The summed E-state index contributed by atoms with van der Waals surface area (Å²) in [5.41, 5.74) is 0.0251. The van der Waals surface area contributed by atoms with E-state index in [-0.39, 0.29) is 5.60 Å². The molecular formula is C9H20INO. The van der Waals surface area contributed by atoms with Gasteiger partial charge in [0.05, 0.1) is 5.60 Å². The molecule has 0 aliphatic rings. The van der Waals surface area contributed by atoms with Crippen molar-refractivity contribution in [2.75, 3.05) is 24.6 Å². The maximum atomic E-state index is 5.30. The van der Waals surface area contributed by atoms with Crippen molar-refractivity contribution >= 4 is 22.6 Å². The predicted molar refractivity (Wildman–Crippen MR) is 62.1 cm³/mol. The lowest BCUT2D eigenvalue weighted by Crippen LogP contribution is -2.29. The van der Waals surface area contributed by atoms with Crippen LogP contribution in [0, 0.1) is 0 Å². The molecule has 0 rings (SSSR count). The Morgan fingerprint density at radius 1 is 1.33 bits per heavy atom. The molecule has 74 valence electrons. The van der Waals surface area contributed by atoms with Crippen LogP contribution in [0.5, 0.6) is 0 Å². The van der Waals surface area contributed by atoms with E-state index in [1.165, 1.54) is 10.8 Å². The molecule has 0 saturated heterocycles. The van der Waals surface area contributed by atoms with Gasteiger partial charge in [0.15, 0.2) is 0 Å². The lowest BCUT2D eigenvalue weighted by atomic mass is 10.1. The first-order valence-corrected chi connectivity index (χ1v) is 5.97. The van der Waals surface area contributed by atoms with Gasteiger partial charge in [-0.2, -0.15) is 0 Å². The van der Waals surface area contributed by atoms with Gasteiger partial charge in [0.2, 0.25) is 0 Å². The second-order valence-electron chi connectivity index (χ2n) is 3.51. The smallest absolute Gasteiger partial charge is 0.0634 e. The molecule has 0 amide bonds. The Hall–Kier alpha value is 0.650. The molecule has 0 aliphatic heterocycles. The highest BCUT2D eigenvalue weighted by Crippen LogP contribution is 2.11. The Morgan fingerprint density at radius 2 is 2.00 bits per heavy atom. The van der Waals surface area contributed by atoms with Gasteiger partial charge < -0.3 is 10.1 Å². The van der Waals surface area contributed by atoms with Crippen LogP contribution in [0.25, 0.3) is 0 Å². The van der Waals surface area contributed by atoms with Crippen LogP contribution in [0.4, 0.5) is 0 Å². The summed E-state index contributed by atoms with van der Waals surface area (Å²) in [6.45, 7) is 6.42. The van der Waals surface area contributed by atoms with Gasteiger partial charge in [-0.25, -0.2) is 0 Å². The van der Waals surface area contributed by atoms with E-state index in [9.17, 15) is 0 Å². The molecule has 0 heterocycles. The largest absolute Gasteiger partial charge is 0.379 e. The summed E-state index contributed by atoms with van der Waals surface area (Å²) in [4.78, 5) is 0. The minimum absolute atomic E-state index is 0.0251. The first kappa shape index (κ1) is 12.7. The second-order valence-corrected chi connectivity index (χ2v) is 4.59. The van der Waals surface area contributed by atoms with Gasteiger partial charge in [-0.15, -0.1) is 0 Å². The zero-order chi connectivity index (χ0) is 9.45. The minimum Gasteiger partial charge on any atom is -0.379 e. The summed E-state index contributed by atoms with van der Waals surface area (Å²) in [7, 11) is 1.77. The fourth-order valence-electron chi connectivity index (χ4n) is 0.808. The Kier molecular flexibility index (Phi) is 7.48. The number of methoxy groups -OCH3 is 1. The van der Waals surface area contributed by atoms with E-state index in [4.69, 9.17) is 4.74 Å². The molecule has 2 nitrogen and oxygen atoms in total. The number of ether oxygens (including phenoxy) is 1. The predicted octanol–water partition coefficient (Wildman–Crippen LogP) is 2.22. The van der Waals surface area contributed by atoms with Crippen molar-refractivity contribution in [3.63, 3.8) is 0 Å². The van der Waals surface area contributed by atoms with Crippen molar-refractivity contribution in [3.05, 3.63) is 0 Å². The molecule has 0 radical (unpaired) electrons. The van der Waals surface area contributed by atoms with Crippen molar-refractivity contribution in [3.8, 4) is 0 Å². The molecule has 0 spiro atoms.